The van der Waals surface area contributed by atoms with E-state index < -0.39 is 0 Å². The third kappa shape index (κ3) is 3.76. The normalized spacial score (nSPS) is 25.6. The zero-order valence-electron chi connectivity index (χ0n) is 11.8. The summed E-state index contributed by atoms with van der Waals surface area (Å²) in [6, 6.07) is 0.0458. The molecule has 1 N–H and O–H groups in total. The third-order valence-corrected chi connectivity index (χ3v) is 3.50. The van der Waals surface area contributed by atoms with Crippen molar-refractivity contribution in [3.63, 3.8) is 0 Å². The van der Waals surface area contributed by atoms with Gasteiger partial charge in [0.1, 0.15) is 5.69 Å². The third-order valence-electron chi connectivity index (χ3n) is 3.50. The molecule has 1 aliphatic rings. The van der Waals surface area contributed by atoms with Gasteiger partial charge in [-0.15, -0.1) is 5.10 Å². The molecule has 0 spiro atoms. The molecule has 2 atom stereocenters. The Kier molecular flexibility index (Phi) is 4.52. The maximum atomic E-state index is 12.1. The molecule has 1 aliphatic heterocycles. The van der Waals surface area contributed by atoms with Gasteiger partial charge in [0.15, 0.2) is 0 Å². The number of fused-ring (bicyclic) bond motifs is 2. The van der Waals surface area contributed by atoms with Crippen LogP contribution in [0.4, 0.5) is 0 Å². The summed E-state index contributed by atoms with van der Waals surface area (Å²) in [4.78, 5) is 12.1. The number of hydrogen-bond donors (Lipinski definition) is 1. The van der Waals surface area contributed by atoms with Gasteiger partial charge in [-0.05, 0) is 12.3 Å². The van der Waals surface area contributed by atoms with Crippen molar-refractivity contribution in [2.24, 2.45) is 11.8 Å². The van der Waals surface area contributed by atoms with Gasteiger partial charge in [0.25, 0.3) is 0 Å². The van der Waals surface area contributed by atoms with E-state index in [0.29, 0.717) is 25.7 Å². The van der Waals surface area contributed by atoms with Gasteiger partial charge in [0.2, 0.25) is 5.91 Å². The number of hydrogen-bond acceptors (Lipinski definition) is 4. The molecule has 106 valence electrons. The van der Waals surface area contributed by atoms with Crippen LogP contribution in [0.2, 0.25) is 0 Å². The molecule has 0 unspecified atom stereocenters. The molecule has 0 saturated heterocycles. The van der Waals surface area contributed by atoms with Crippen molar-refractivity contribution in [2.75, 3.05) is 6.61 Å². The zero-order chi connectivity index (χ0) is 13.8. The molecule has 1 aromatic heterocycles. The SMILES string of the molecule is CC(C)[C@@H]1COCc2cn(nn2)CC[C@H](C)C(=O)N1. The summed E-state index contributed by atoms with van der Waals surface area (Å²) < 4.78 is 7.40. The highest BCUT2D eigenvalue weighted by molar-refractivity contribution is 5.78. The number of nitrogens with zero attached hydrogens (tertiary/aromatic N) is 3. The van der Waals surface area contributed by atoms with Crippen molar-refractivity contribution in [1.29, 1.82) is 0 Å². The Labute approximate surface area is 113 Å². The van der Waals surface area contributed by atoms with Gasteiger partial charge in [0.05, 0.1) is 25.5 Å². The summed E-state index contributed by atoms with van der Waals surface area (Å²) >= 11 is 0. The van der Waals surface area contributed by atoms with Crippen LogP contribution in [0.5, 0.6) is 0 Å². The second-order valence-electron chi connectivity index (χ2n) is 5.54. The maximum Gasteiger partial charge on any atom is 0.223 e. The van der Waals surface area contributed by atoms with Gasteiger partial charge in [-0.25, -0.2) is 0 Å². The predicted octanol–water partition coefficient (Wildman–Crippen LogP) is 0.975. The number of carbonyl (C=O) groups excluding carboxylic acids is 1. The average molecular weight is 266 g/mol. The van der Waals surface area contributed by atoms with Crippen molar-refractivity contribution >= 4 is 5.91 Å². The first-order valence-electron chi connectivity index (χ1n) is 6.83. The molecule has 0 saturated carbocycles. The van der Waals surface area contributed by atoms with E-state index in [1.165, 1.54) is 0 Å². The van der Waals surface area contributed by atoms with E-state index in [1.54, 1.807) is 4.68 Å². The van der Waals surface area contributed by atoms with E-state index in [0.717, 1.165) is 12.1 Å². The molecule has 0 aliphatic carbocycles. The molecule has 1 aromatic rings. The van der Waals surface area contributed by atoms with Crippen LogP contribution in [0, 0.1) is 11.8 Å². The van der Waals surface area contributed by atoms with Crippen LogP contribution in [-0.2, 0) is 22.7 Å². The van der Waals surface area contributed by atoms with E-state index in [-0.39, 0.29) is 17.9 Å². The monoisotopic (exact) mass is 266 g/mol. The smallest absolute Gasteiger partial charge is 0.223 e. The standard InChI is InChI=1S/C13H22N4O2/c1-9(2)12-8-19-7-11-6-17(16-15-11)5-4-10(3)13(18)14-12/h6,9-10,12H,4-5,7-8H2,1-3H3,(H,14,18)/t10-,12-/m0/s1. The molecule has 0 radical (unpaired) electrons. The summed E-state index contributed by atoms with van der Waals surface area (Å²) in [5.41, 5.74) is 0.835. The van der Waals surface area contributed by atoms with Gasteiger partial charge < -0.3 is 10.1 Å². The summed E-state index contributed by atoms with van der Waals surface area (Å²) in [6.45, 7) is 7.75. The Morgan fingerprint density at radius 1 is 1.53 bits per heavy atom. The van der Waals surface area contributed by atoms with Gasteiger partial charge >= 0.3 is 0 Å². The topological polar surface area (TPSA) is 69.0 Å². The molecule has 0 aromatic carbocycles. The number of amides is 1. The Morgan fingerprint density at radius 2 is 2.32 bits per heavy atom. The molecular formula is C13H22N4O2. The molecule has 0 fully saturated rings. The Balaban J connectivity index is 2.10. The molecule has 19 heavy (non-hydrogen) atoms. The molecule has 2 bridgehead atoms. The Morgan fingerprint density at radius 3 is 3.05 bits per heavy atom. The van der Waals surface area contributed by atoms with Crippen LogP contribution >= 0.6 is 0 Å². The summed E-state index contributed by atoms with van der Waals surface area (Å²) in [7, 11) is 0. The number of ether oxygens (including phenoxy) is 1. The van der Waals surface area contributed by atoms with Crippen molar-refractivity contribution in [1.82, 2.24) is 20.3 Å². The van der Waals surface area contributed by atoms with E-state index in [4.69, 9.17) is 4.74 Å². The van der Waals surface area contributed by atoms with Crippen LogP contribution in [-0.4, -0.2) is 33.5 Å². The highest BCUT2D eigenvalue weighted by atomic mass is 16.5. The fraction of sp³-hybridized carbons (Fsp3) is 0.769. The van der Waals surface area contributed by atoms with Gasteiger partial charge in [-0.3, -0.25) is 9.48 Å². The number of rotatable bonds is 1. The lowest BCUT2D eigenvalue weighted by molar-refractivity contribution is -0.126. The van der Waals surface area contributed by atoms with Crippen molar-refractivity contribution < 1.29 is 9.53 Å². The minimum Gasteiger partial charge on any atom is -0.373 e. The largest absolute Gasteiger partial charge is 0.373 e. The van der Waals surface area contributed by atoms with Crippen LogP contribution in [0.1, 0.15) is 32.9 Å². The first-order valence-corrected chi connectivity index (χ1v) is 6.83. The second-order valence-corrected chi connectivity index (χ2v) is 5.54. The van der Waals surface area contributed by atoms with E-state index in [2.05, 4.69) is 29.5 Å². The lowest BCUT2D eigenvalue weighted by Gasteiger charge is -2.24. The first kappa shape index (κ1) is 14.0. The van der Waals surface area contributed by atoms with Gasteiger partial charge in [0, 0.05) is 12.5 Å². The fourth-order valence-electron chi connectivity index (χ4n) is 1.99. The van der Waals surface area contributed by atoms with Gasteiger partial charge in [-0.2, -0.15) is 0 Å². The van der Waals surface area contributed by atoms with E-state index >= 15 is 0 Å². The van der Waals surface area contributed by atoms with Crippen LogP contribution < -0.4 is 5.32 Å². The van der Waals surface area contributed by atoms with Gasteiger partial charge in [-0.1, -0.05) is 26.0 Å². The van der Waals surface area contributed by atoms with Crippen LogP contribution in [0.3, 0.4) is 0 Å². The molecular weight excluding hydrogens is 244 g/mol. The van der Waals surface area contributed by atoms with Crippen molar-refractivity contribution in [2.45, 2.75) is 46.4 Å². The molecule has 2 rings (SSSR count). The quantitative estimate of drug-likeness (QED) is 0.822. The second kappa shape index (κ2) is 6.14. The molecule has 2 heterocycles. The highest BCUT2D eigenvalue weighted by Crippen LogP contribution is 2.10. The minimum atomic E-state index is -0.0340. The van der Waals surface area contributed by atoms with Crippen molar-refractivity contribution in [3.05, 3.63) is 11.9 Å². The van der Waals surface area contributed by atoms with E-state index in [9.17, 15) is 4.79 Å². The molecule has 6 heteroatoms. The number of aryl methyl sites for hydroxylation is 1. The zero-order valence-corrected chi connectivity index (χ0v) is 11.8. The number of carbonyl (C=O) groups is 1. The lowest BCUT2D eigenvalue weighted by atomic mass is 10.0. The maximum absolute atomic E-state index is 12.1. The number of nitrogens with one attached hydrogen (secondary N) is 1. The minimum absolute atomic E-state index is 0.0340. The lowest BCUT2D eigenvalue weighted by Crippen LogP contribution is -2.44. The molecule has 6 nitrogen and oxygen atoms in total. The van der Waals surface area contributed by atoms with Crippen LogP contribution in [0.15, 0.2) is 6.20 Å². The van der Waals surface area contributed by atoms with E-state index in [1.807, 2.05) is 13.1 Å². The van der Waals surface area contributed by atoms with Crippen LogP contribution in [0.25, 0.3) is 0 Å². The molecule has 1 amide bonds. The van der Waals surface area contributed by atoms with Crippen molar-refractivity contribution in [3.8, 4) is 0 Å². The summed E-state index contributed by atoms with van der Waals surface area (Å²) in [5.74, 6) is 0.395. The highest BCUT2D eigenvalue weighted by Gasteiger charge is 2.21. The number of aromatic nitrogens is 3. The first-order chi connectivity index (χ1) is 9.06. The fourth-order valence-corrected chi connectivity index (χ4v) is 1.99. The predicted molar refractivity (Wildman–Crippen MR) is 70.2 cm³/mol. The Bertz CT molecular complexity index is 430. The Hall–Kier alpha value is -1.43. The average Bonchev–Trinajstić information content (AvgIpc) is 2.81. The summed E-state index contributed by atoms with van der Waals surface area (Å²) in [6.07, 6.45) is 2.65. The summed E-state index contributed by atoms with van der Waals surface area (Å²) in [5, 5.41) is 11.2.